The standard InChI is InChI=1S/C36H46N6O8/c1-22-29(25(4)50-41-22)21-42-17-14-36(15-18-42)35(47)40-31(24(3)43)34(46)38-23(2)32(44)39-30(20-26-8-6-5-7-9-26)33(45)37-16-19-48-27-10-12-28(49-36)13-11-27/h5-13,23-24,30-31,43H,14-21H2,1-4H3,(H,37,45)(H,38,46)(H,39,44)(H,40,47)/t23-,24+,30-,31?/m0/s1. The number of hydrogen-bond donors (Lipinski definition) is 5. The van der Waals surface area contributed by atoms with Crippen molar-refractivity contribution in [2.24, 2.45) is 0 Å². The van der Waals surface area contributed by atoms with E-state index in [1.165, 1.54) is 13.8 Å². The Morgan fingerprint density at radius 2 is 1.60 bits per heavy atom. The summed E-state index contributed by atoms with van der Waals surface area (Å²) in [5.74, 6) is -0.669. The predicted molar refractivity (Wildman–Crippen MR) is 182 cm³/mol. The molecule has 1 saturated heterocycles. The number of hydrogen-bond acceptors (Lipinski definition) is 10. The van der Waals surface area contributed by atoms with E-state index in [0.29, 0.717) is 31.1 Å². The number of aliphatic hydroxyl groups excluding tert-OH is 1. The Morgan fingerprint density at radius 1 is 0.920 bits per heavy atom. The third-order valence-electron chi connectivity index (χ3n) is 9.17. The van der Waals surface area contributed by atoms with Gasteiger partial charge in [-0.15, -0.1) is 0 Å². The summed E-state index contributed by atoms with van der Waals surface area (Å²) in [6, 6.07) is 12.6. The second-order valence-corrected chi connectivity index (χ2v) is 13.0. The first kappa shape index (κ1) is 36.3. The van der Waals surface area contributed by atoms with Gasteiger partial charge in [0.2, 0.25) is 17.7 Å². The van der Waals surface area contributed by atoms with Gasteiger partial charge in [-0.25, -0.2) is 0 Å². The maximum atomic E-state index is 14.1. The summed E-state index contributed by atoms with van der Waals surface area (Å²) in [6.45, 7) is 8.53. The first-order valence-electron chi connectivity index (χ1n) is 16.9. The molecule has 0 aliphatic carbocycles. The summed E-state index contributed by atoms with van der Waals surface area (Å²) in [6.07, 6.45) is -0.520. The number of rotatable bonds is 5. The summed E-state index contributed by atoms with van der Waals surface area (Å²) in [4.78, 5) is 56.4. The van der Waals surface area contributed by atoms with Crippen molar-refractivity contribution in [2.45, 2.75) is 83.3 Å². The number of aryl methyl sites for hydroxylation is 2. The average molecular weight is 691 g/mol. The summed E-state index contributed by atoms with van der Waals surface area (Å²) in [7, 11) is 0. The molecule has 3 aromatic rings. The molecule has 0 radical (unpaired) electrons. The van der Waals surface area contributed by atoms with Crippen LogP contribution in [-0.4, -0.2) is 94.9 Å². The smallest absolute Gasteiger partial charge is 0.265 e. The number of piperidine rings is 1. The number of aliphatic hydroxyl groups is 1. The quantitative estimate of drug-likeness (QED) is 0.245. The molecule has 1 fully saturated rings. The zero-order chi connectivity index (χ0) is 35.8. The minimum atomic E-state index is -1.40. The third-order valence-corrected chi connectivity index (χ3v) is 9.17. The maximum Gasteiger partial charge on any atom is 0.265 e. The average Bonchev–Trinajstić information content (AvgIpc) is 3.42. The van der Waals surface area contributed by atoms with Crippen LogP contribution in [0, 0.1) is 13.8 Å². The highest BCUT2D eigenvalue weighted by Gasteiger charge is 2.46. The number of likely N-dealkylation sites (tertiary alicyclic amines) is 1. The van der Waals surface area contributed by atoms with Gasteiger partial charge in [0.25, 0.3) is 5.91 Å². The lowest BCUT2D eigenvalue weighted by Crippen LogP contribution is -2.63. The van der Waals surface area contributed by atoms with Crippen molar-refractivity contribution >= 4 is 23.6 Å². The summed E-state index contributed by atoms with van der Waals surface area (Å²) in [5, 5.41) is 25.6. The van der Waals surface area contributed by atoms with Crippen LogP contribution in [0.1, 0.15) is 49.3 Å². The molecule has 4 amide bonds. The summed E-state index contributed by atoms with van der Waals surface area (Å²) in [5.41, 5.74) is 1.26. The van der Waals surface area contributed by atoms with E-state index in [1.54, 1.807) is 24.3 Å². The Morgan fingerprint density at radius 3 is 2.24 bits per heavy atom. The molecule has 2 bridgehead atoms. The first-order valence-corrected chi connectivity index (χ1v) is 16.9. The van der Waals surface area contributed by atoms with Crippen molar-refractivity contribution in [3.8, 4) is 11.5 Å². The normalized spacial score (nSPS) is 23.1. The zero-order valence-electron chi connectivity index (χ0n) is 28.9. The highest BCUT2D eigenvalue weighted by molar-refractivity contribution is 5.95. The zero-order valence-corrected chi connectivity index (χ0v) is 28.9. The van der Waals surface area contributed by atoms with Crippen molar-refractivity contribution in [1.82, 2.24) is 31.3 Å². The molecule has 1 unspecified atom stereocenters. The number of carbonyl (C=O) groups excluding carboxylic acids is 4. The number of aromatic nitrogens is 1. The number of amides is 4. The van der Waals surface area contributed by atoms with Gasteiger partial charge in [-0.05, 0) is 57.5 Å². The Labute approximate surface area is 291 Å². The van der Waals surface area contributed by atoms with Gasteiger partial charge >= 0.3 is 0 Å². The molecule has 5 N–H and O–H groups in total. The number of benzene rings is 2. The van der Waals surface area contributed by atoms with Gasteiger partial charge in [0, 0.05) is 44.5 Å². The molecule has 1 aromatic heterocycles. The lowest BCUT2D eigenvalue weighted by atomic mass is 9.89. The van der Waals surface area contributed by atoms with E-state index in [0.717, 1.165) is 22.6 Å². The fraction of sp³-hybridized carbons (Fsp3) is 0.472. The monoisotopic (exact) mass is 690 g/mol. The van der Waals surface area contributed by atoms with Gasteiger partial charge in [0.15, 0.2) is 5.60 Å². The molecule has 3 aliphatic heterocycles. The molecule has 3 aliphatic rings. The largest absolute Gasteiger partial charge is 0.492 e. The molecule has 14 nitrogen and oxygen atoms in total. The van der Waals surface area contributed by atoms with Crippen molar-refractivity contribution < 1.29 is 38.3 Å². The highest BCUT2D eigenvalue weighted by atomic mass is 16.5. The molecule has 0 saturated carbocycles. The number of carbonyl (C=O) groups is 4. The van der Waals surface area contributed by atoms with Crippen LogP contribution in [0.3, 0.4) is 0 Å². The lowest BCUT2D eigenvalue weighted by molar-refractivity contribution is -0.146. The minimum absolute atomic E-state index is 0.165. The molecular weight excluding hydrogens is 644 g/mol. The van der Waals surface area contributed by atoms with E-state index in [1.807, 2.05) is 44.2 Å². The Bertz CT molecular complexity index is 1620. The number of nitrogens with zero attached hydrogens (tertiary/aromatic N) is 2. The highest BCUT2D eigenvalue weighted by Crippen LogP contribution is 2.32. The SMILES string of the molecule is Cc1noc(C)c1CN1CCC2(CC1)Oc1ccc(cc1)OCCNC(=O)[C@H](Cc1ccccc1)NC(=O)[C@H](C)NC(=O)C([C@@H](C)O)NC2=O. The first-order chi connectivity index (χ1) is 23.9. The fourth-order valence-corrected chi connectivity index (χ4v) is 6.10. The topological polar surface area (TPSA) is 184 Å². The number of ether oxygens (including phenoxy) is 2. The molecule has 6 rings (SSSR count). The van der Waals surface area contributed by atoms with E-state index in [-0.39, 0.29) is 32.4 Å². The Balaban J connectivity index is 1.38. The van der Waals surface area contributed by atoms with E-state index in [9.17, 15) is 24.3 Å². The maximum absolute atomic E-state index is 14.1. The Hall–Kier alpha value is -4.95. The van der Waals surface area contributed by atoms with Gasteiger partial charge in [-0.2, -0.15) is 0 Å². The second-order valence-electron chi connectivity index (χ2n) is 13.0. The molecule has 4 atom stereocenters. The fourth-order valence-electron chi connectivity index (χ4n) is 6.10. The van der Waals surface area contributed by atoms with Crippen LogP contribution in [-0.2, 0) is 32.1 Å². The minimum Gasteiger partial charge on any atom is -0.492 e. The van der Waals surface area contributed by atoms with E-state index in [2.05, 4.69) is 31.3 Å². The van der Waals surface area contributed by atoms with Crippen LogP contribution >= 0.6 is 0 Å². The second kappa shape index (κ2) is 16.2. The molecule has 2 aromatic carbocycles. The molecule has 268 valence electrons. The predicted octanol–water partition coefficient (Wildman–Crippen LogP) is 1.31. The van der Waals surface area contributed by atoms with Gasteiger partial charge < -0.3 is 40.4 Å². The van der Waals surface area contributed by atoms with E-state index in [4.69, 9.17) is 14.0 Å². The lowest BCUT2D eigenvalue weighted by Gasteiger charge is -2.41. The number of fused-ring (bicyclic) bond motifs is 15. The van der Waals surface area contributed by atoms with Crippen LogP contribution in [0.15, 0.2) is 59.1 Å². The van der Waals surface area contributed by atoms with Crippen molar-refractivity contribution in [2.75, 3.05) is 26.2 Å². The van der Waals surface area contributed by atoms with Crippen LogP contribution in [0.25, 0.3) is 0 Å². The van der Waals surface area contributed by atoms with E-state index >= 15 is 0 Å². The third kappa shape index (κ3) is 8.98. The van der Waals surface area contributed by atoms with Crippen LogP contribution in [0.4, 0.5) is 0 Å². The molecule has 14 heteroatoms. The van der Waals surface area contributed by atoms with Gasteiger partial charge in [-0.3, -0.25) is 24.1 Å². The summed E-state index contributed by atoms with van der Waals surface area (Å²) >= 11 is 0. The van der Waals surface area contributed by atoms with Crippen molar-refractivity contribution in [3.63, 3.8) is 0 Å². The van der Waals surface area contributed by atoms with Crippen LogP contribution in [0.5, 0.6) is 11.5 Å². The summed E-state index contributed by atoms with van der Waals surface area (Å²) < 4.78 is 17.6. The molecular formula is C36H46N6O8. The van der Waals surface area contributed by atoms with Crippen molar-refractivity contribution in [1.29, 1.82) is 0 Å². The Kier molecular flexibility index (Phi) is 11.8. The molecule has 4 heterocycles. The molecule has 1 spiro atoms. The van der Waals surface area contributed by atoms with Crippen LogP contribution in [0.2, 0.25) is 0 Å². The van der Waals surface area contributed by atoms with Gasteiger partial charge in [0.1, 0.15) is 42.0 Å². The van der Waals surface area contributed by atoms with Gasteiger partial charge in [0.05, 0.1) is 18.3 Å². The molecule has 50 heavy (non-hydrogen) atoms. The van der Waals surface area contributed by atoms with E-state index < -0.39 is 53.5 Å². The van der Waals surface area contributed by atoms with Gasteiger partial charge in [-0.1, -0.05) is 35.5 Å². The van der Waals surface area contributed by atoms with Crippen molar-refractivity contribution in [3.05, 3.63) is 77.2 Å². The number of nitrogens with one attached hydrogen (secondary N) is 4. The van der Waals surface area contributed by atoms with Crippen LogP contribution < -0.4 is 30.7 Å².